The van der Waals surface area contributed by atoms with Crippen LogP contribution >= 0.6 is 0 Å². The lowest BCUT2D eigenvalue weighted by Gasteiger charge is -2.38. The van der Waals surface area contributed by atoms with Crippen LogP contribution in [0.4, 0.5) is 0 Å². The minimum atomic E-state index is 0.805. The molecule has 1 N–H and O–H groups in total. The second kappa shape index (κ2) is 5.01. The van der Waals surface area contributed by atoms with Crippen molar-refractivity contribution in [2.45, 2.75) is 39.5 Å². The van der Waals surface area contributed by atoms with E-state index in [9.17, 15) is 0 Å². The predicted octanol–water partition coefficient (Wildman–Crippen LogP) is 3.41. The first-order chi connectivity index (χ1) is 7.72. The van der Waals surface area contributed by atoms with Gasteiger partial charge in [-0.3, -0.25) is 0 Å². The van der Waals surface area contributed by atoms with Crippen molar-refractivity contribution in [1.82, 2.24) is 5.32 Å². The van der Waals surface area contributed by atoms with Crippen LogP contribution < -0.4 is 5.32 Å². The topological polar surface area (TPSA) is 12.0 Å². The summed E-state index contributed by atoms with van der Waals surface area (Å²) in [6.07, 6.45) is 2.77. The third kappa shape index (κ3) is 2.30. The van der Waals surface area contributed by atoms with Crippen LogP contribution in [0, 0.1) is 19.8 Å². The first-order valence-electron chi connectivity index (χ1n) is 6.50. The molecule has 1 nitrogen and oxygen atoms in total. The average Bonchev–Trinajstić information content (AvgIpc) is 2.21. The van der Waals surface area contributed by atoms with Crippen LogP contribution in [0.3, 0.4) is 0 Å². The van der Waals surface area contributed by atoms with Crippen LogP contribution in [-0.4, -0.2) is 13.1 Å². The molecule has 1 fully saturated rings. The summed E-state index contributed by atoms with van der Waals surface area (Å²) in [5, 5.41) is 3.48. The number of hydrogen-bond donors (Lipinski definition) is 1. The standard InChI is InChI=1S/C15H23N/c1-4-16-10-13-6-8-15(13)14-7-5-11(2)9-12(14)3/h5,7,9,13,15-16H,4,6,8,10H2,1-3H3. The summed E-state index contributed by atoms with van der Waals surface area (Å²) in [5.74, 6) is 1.67. The molecule has 1 aliphatic rings. The third-order valence-electron chi connectivity index (χ3n) is 3.90. The Morgan fingerprint density at radius 2 is 2.06 bits per heavy atom. The molecule has 0 saturated heterocycles. The minimum absolute atomic E-state index is 0.805. The van der Waals surface area contributed by atoms with Gasteiger partial charge in [0.2, 0.25) is 0 Å². The lowest BCUT2D eigenvalue weighted by Crippen LogP contribution is -2.34. The highest BCUT2D eigenvalue weighted by atomic mass is 14.9. The molecule has 0 spiro atoms. The number of benzene rings is 1. The average molecular weight is 217 g/mol. The molecular formula is C15H23N. The number of hydrogen-bond acceptors (Lipinski definition) is 1. The Morgan fingerprint density at radius 3 is 2.62 bits per heavy atom. The number of nitrogens with one attached hydrogen (secondary N) is 1. The highest BCUT2D eigenvalue weighted by molar-refractivity contribution is 5.34. The van der Waals surface area contributed by atoms with Gasteiger partial charge in [0.1, 0.15) is 0 Å². The predicted molar refractivity (Wildman–Crippen MR) is 69.9 cm³/mol. The maximum Gasteiger partial charge on any atom is -0.00148 e. The first kappa shape index (κ1) is 11.7. The Bertz CT molecular complexity index is 356. The van der Waals surface area contributed by atoms with E-state index in [-0.39, 0.29) is 0 Å². The Morgan fingerprint density at radius 1 is 1.25 bits per heavy atom. The molecular weight excluding hydrogens is 194 g/mol. The summed E-state index contributed by atoms with van der Waals surface area (Å²) in [6.45, 7) is 8.90. The summed E-state index contributed by atoms with van der Waals surface area (Å²) < 4.78 is 0. The Labute approximate surface area is 99.3 Å². The summed E-state index contributed by atoms with van der Waals surface area (Å²) in [4.78, 5) is 0. The summed E-state index contributed by atoms with van der Waals surface area (Å²) >= 11 is 0. The van der Waals surface area contributed by atoms with E-state index in [0.29, 0.717) is 0 Å². The molecule has 1 heteroatoms. The van der Waals surface area contributed by atoms with Crippen molar-refractivity contribution < 1.29 is 0 Å². The molecule has 2 unspecified atom stereocenters. The lowest BCUT2D eigenvalue weighted by molar-refractivity contribution is 0.246. The summed E-state index contributed by atoms with van der Waals surface area (Å²) in [6, 6.07) is 6.91. The Hall–Kier alpha value is -0.820. The van der Waals surface area contributed by atoms with Crippen molar-refractivity contribution in [3.05, 3.63) is 34.9 Å². The molecule has 88 valence electrons. The molecule has 1 saturated carbocycles. The van der Waals surface area contributed by atoms with Crippen molar-refractivity contribution in [3.63, 3.8) is 0 Å². The van der Waals surface area contributed by atoms with E-state index >= 15 is 0 Å². The fraction of sp³-hybridized carbons (Fsp3) is 0.600. The molecule has 0 aromatic heterocycles. The van der Waals surface area contributed by atoms with Crippen LogP contribution in [0.25, 0.3) is 0 Å². The monoisotopic (exact) mass is 217 g/mol. The zero-order chi connectivity index (χ0) is 11.5. The fourth-order valence-corrected chi connectivity index (χ4v) is 2.79. The van der Waals surface area contributed by atoms with Gasteiger partial charge in [0.15, 0.2) is 0 Å². The normalized spacial score (nSPS) is 24.2. The van der Waals surface area contributed by atoms with E-state index in [2.05, 4.69) is 44.3 Å². The van der Waals surface area contributed by atoms with Gasteiger partial charge in [-0.15, -0.1) is 0 Å². The van der Waals surface area contributed by atoms with Crippen molar-refractivity contribution in [1.29, 1.82) is 0 Å². The molecule has 1 aromatic rings. The van der Waals surface area contributed by atoms with Crippen molar-refractivity contribution in [2.75, 3.05) is 13.1 Å². The van der Waals surface area contributed by atoms with Crippen molar-refractivity contribution >= 4 is 0 Å². The number of rotatable bonds is 4. The van der Waals surface area contributed by atoms with Gasteiger partial charge in [0, 0.05) is 0 Å². The molecule has 16 heavy (non-hydrogen) atoms. The molecule has 2 rings (SSSR count). The zero-order valence-corrected chi connectivity index (χ0v) is 10.7. The molecule has 1 aliphatic carbocycles. The van der Waals surface area contributed by atoms with Gasteiger partial charge in [-0.2, -0.15) is 0 Å². The smallest absolute Gasteiger partial charge is 0.00148 e. The Kier molecular flexibility index (Phi) is 3.65. The zero-order valence-electron chi connectivity index (χ0n) is 10.7. The molecule has 0 heterocycles. The van der Waals surface area contributed by atoms with E-state index in [4.69, 9.17) is 0 Å². The maximum absolute atomic E-state index is 3.48. The van der Waals surface area contributed by atoms with Crippen molar-refractivity contribution in [3.8, 4) is 0 Å². The number of aryl methyl sites for hydroxylation is 2. The van der Waals surface area contributed by atoms with E-state index < -0.39 is 0 Å². The van der Waals surface area contributed by atoms with Crippen LogP contribution in [0.2, 0.25) is 0 Å². The summed E-state index contributed by atoms with van der Waals surface area (Å²) in [5.41, 5.74) is 4.44. The van der Waals surface area contributed by atoms with Gasteiger partial charge in [-0.25, -0.2) is 0 Å². The van der Waals surface area contributed by atoms with Gasteiger partial charge < -0.3 is 5.32 Å². The van der Waals surface area contributed by atoms with Crippen LogP contribution in [0.1, 0.15) is 42.4 Å². The lowest BCUT2D eigenvalue weighted by atomic mass is 9.69. The molecule has 0 aliphatic heterocycles. The molecule has 0 radical (unpaired) electrons. The fourth-order valence-electron chi connectivity index (χ4n) is 2.79. The largest absolute Gasteiger partial charge is 0.317 e. The third-order valence-corrected chi connectivity index (χ3v) is 3.90. The van der Waals surface area contributed by atoms with Crippen LogP contribution in [-0.2, 0) is 0 Å². The van der Waals surface area contributed by atoms with Gasteiger partial charge in [0.05, 0.1) is 0 Å². The van der Waals surface area contributed by atoms with Crippen LogP contribution in [0.15, 0.2) is 18.2 Å². The second-order valence-electron chi connectivity index (χ2n) is 5.11. The van der Waals surface area contributed by atoms with Crippen LogP contribution in [0.5, 0.6) is 0 Å². The quantitative estimate of drug-likeness (QED) is 0.815. The minimum Gasteiger partial charge on any atom is -0.317 e. The summed E-state index contributed by atoms with van der Waals surface area (Å²) in [7, 11) is 0. The molecule has 0 bridgehead atoms. The molecule has 2 atom stereocenters. The first-order valence-corrected chi connectivity index (χ1v) is 6.50. The van der Waals surface area contributed by atoms with Gasteiger partial charge >= 0.3 is 0 Å². The highest BCUT2D eigenvalue weighted by Crippen LogP contribution is 2.43. The Balaban J connectivity index is 2.06. The molecule has 1 aromatic carbocycles. The highest BCUT2D eigenvalue weighted by Gasteiger charge is 2.32. The van der Waals surface area contributed by atoms with Crippen molar-refractivity contribution in [2.24, 2.45) is 5.92 Å². The van der Waals surface area contributed by atoms with E-state index in [1.54, 1.807) is 5.56 Å². The van der Waals surface area contributed by atoms with E-state index in [1.165, 1.54) is 30.5 Å². The maximum atomic E-state index is 3.48. The van der Waals surface area contributed by atoms with Gasteiger partial charge in [0.25, 0.3) is 0 Å². The van der Waals surface area contributed by atoms with Gasteiger partial charge in [-0.05, 0) is 62.7 Å². The van der Waals surface area contributed by atoms with E-state index in [0.717, 1.165) is 18.4 Å². The SMILES string of the molecule is CCNCC1CCC1c1ccc(C)cc1C. The molecule has 0 amide bonds. The van der Waals surface area contributed by atoms with E-state index in [1.807, 2.05) is 0 Å². The van der Waals surface area contributed by atoms with Gasteiger partial charge in [-0.1, -0.05) is 30.7 Å². The second-order valence-corrected chi connectivity index (χ2v) is 5.11.